The highest BCUT2D eigenvalue weighted by Gasteiger charge is 2.01. The maximum absolute atomic E-state index is 8.90. The first-order chi connectivity index (χ1) is 7.79. The number of hydrogen-bond acceptors (Lipinski definition) is 4. The Labute approximate surface area is 93.4 Å². The molecule has 0 unspecified atom stereocenters. The zero-order chi connectivity index (χ0) is 11.4. The van der Waals surface area contributed by atoms with Crippen molar-refractivity contribution in [2.24, 2.45) is 0 Å². The van der Waals surface area contributed by atoms with Crippen LogP contribution in [0.3, 0.4) is 0 Å². The largest absolute Gasteiger partial charge is 0.399 e. The van der Waals surface area contributed by atoms with Gasteiger partial charge < -0.3 is 11.1 Å². The number of pyridine rings is 1. The summed E-state index contributed by atoms with van der Waals surface area (Å²) in [4.78, 5) is 3.97. The Morgan fingerprint density at radius 3 is 2.62 bits per heavy atom. The van der Waals surface area contributed by atoms with Gasteiger partial charge in [-0.2, -0.15) is 5.26 Å². The summed E-state index contributed by atoms with van der Waals surface area (Å²) in [7, 11) is 0. The molecule has 0 saturated heterocycles. The topological polar surface area (TPSA) is 74.7 Å². The second kappa shape index (κ2) is 4.32. The van der Waals surface area contributed by atoms with E-state index in [0.717, 1.165) is 5.69 Å². The number of nitrogen functional groups attached to an aromatic ring is 1. The number of hydrogen-bond donors (Lipinski definition) is 2. The van der Waals surface area contributed by atoms with Crippen LogP contribution in [0.15, 0.2) is 42.7 Å². The standard InChI is InChI=1S/C12H10N4/c13-7-9-5-6-15-8-12(9)16-11-3-1-10(14)2-4-11/h1-6,8,16H,14H2. The fourth-order valence-corrected chi connectivity index (χ4v) is 1.31. The summed E-state index contributed by atoms with van der Waals surface area (Å²) in [5, 5.41) is 12.0. The maximum Gasteiger partial charge on any atom is 0.101 e. The van der Waals surface area contributed by atoms with Gasteiger partial charge in [0.1, 0.15) is 6.07 Å². The van der Waals surface area contributed by atoms with Gasteiger partial charge in [0, 0.05) is 17.6 Å². The third-order valence-corrected chi connectivity index (χ3v) is 2.13. The van der Waals surface area contributed by atoms with Gasteiger partial charge in [-0.1, -0.05) is 0 Å². The van der Waals surface area contributed by atoms with Gasteiger partial charge in [-0.25, -0.2) is 0 Å². The summed E-state index contributed by atoms with van der Waals surface area (Å²) < 4.78 is 0. The fourth-order valence-electron chi connectivity index (χ4n) is 1.31. The molecule has 1 aromatic carbocycles. The Hall–Kier alpha value is -2.54. The van der Waals surface area contributed by atoms with Crippen molar-refractivity contribution < 1.29 is 0 Å². The summed E-state index contributed by atoms with van der Waals surface area (Å²) >= 11 is 0. The van der Waals surface area contributed by atoms with Crippen molar-refractivity contribution in [2.75, 3.05) is 11.1 Å². The highest BCUT2D eigenvalue weighted by molar-refractivity contribution is 5.66. The molecule has 0 radical (unpaired) electrons. The first kappa shape index (κ1) is 9.99. The minimum atomic E-state index is 0.562. The van der Waals surface area contributed by atoms with Crippen LogP contribution in [0.4, 0.5) is 17.1 Å². The predicted molar refractivity (Wildman–Crippen MR) is 63.1 cm³/mol. The molecule has 1 aromatic heterocycles. The number of nitrogens with two attached hydrogens (primary N) is 1. The SMILES string of the molecule is N#Cc1ccncc1Nc1ccc(N)cc1. The first-order valence-corrected chi connectivity index (χ1v) is 4.76. The second-order valence-electron chi connectivity index (χ2n) is 3.28. The highest BCUT2D eigenvalue weighted by atomic mass is 14.9. The smallest absolute Gasteiger partial charge is 0.101 e. The van der Waals surface area contributed by atoms with Crippen LogP contribution in [0.1, 0.15) is 5.56 Å². The Kier molecular flexibility index (Phi) is 2.70. The van der Waals surface area contributed by atoms with Crippen molar-refractivity contribution in [2.45, 2.75) is 0 Å². The van der Waals surface area contributed by atoms with Gasteiger partial charge in [0.25, 0.3) is 0 Å². The number of benzene rings is 1. The van der Waals surface area contributed by atoms with E-state index in [2.05, 4.69) is 16.4 Å². The molecule has 0 aliphatic carbocycles. The predicted octanol–water partition coefficient (Wildman–Crippen LogP) is 2.28. The zero-order valence-corrected chi connectivity index (χ0v) is 8.51. The minimum absolute atomic E-state index is 0.562. The quantitative estimate of drug-likeness (QED) is 0.745. The third-order valence-electron chi connectivity index (χ3n) is 2.13. The molecule has 1 heterocycles. The van der Waals surface area contributed by atoms with Gasteiger partial charge in [0.05, 0.1) is 17.4 Å². The van der Waals surface area contributed by atoms with Crippen LogP contribution in [0.2, 0.25) is 0 Å². The maximum atomic E-state index is 8.90. The van der Waals surface area contributed by atoms with Gasteiger partial charge in [0.2, 0.25) is 0 Å². The highest BCUT2D eigenvalue weighted by Crippen LogP contribution is 2.19. The van der Waals surface area contributed by atoms with Crippen molar-refractivity contribution in [3.8, 4) is 6.07 Å². The van der Waals surface area contributed by atoms with Crippen molar-refractivity contribution in [1.29, 1.82) is 5.26 Å². The molecule has 0 aliphatic rings. The molecule has 16 heavy (non-hydrogen) atoms. The second-order valence-corrected chi connectivity index (χ2v) is 3.28. The molecule has 0 atom stereocenters. The van der Waals surface area contributed by atoms with E-state index in [4.69, 9.17) is 11.0 Å². The Morgan fingerprint density at radius 2 is 1.94 bits per heavy atom. The molecule has 0 spiro atoms. The molecule has 78 valence electrons. The van der Waals surface area contributed by atoms with Gasteiger partial charge in [-0.05, 0) is 30.3 Å². The molecule has 3 N–H and O–H groups in total. The molecule has 0 aliphatic heterocycles. The summed E-state index contributed by atoms with van der Waals surface area (Å²) in [6, 6.07) is 11.1. The normalized spacial score (nSPS) is 9.44. The molecule has 2 rings (SSSR count). The van der Waals surface area contributed by atoms with E-state index in [1.807, 2.05) is 12.1 Å². The lowest BCUT2D eigenvalue weighted by molar-refractivity contribution is 1.30. The van der Waals surface area contributed by atoms with Gasteiger partial charge in [-0.3, -0.25) is 4.98 Å². The van der Waals surface area contributed by atoms with Crippen LogP contribution >= 0.6 is 0 Å². The number of nitrogens with one attached hydrogen (secondary N) is 1. The number of nitriles is 1. The van der Waals surface area contributed by atoms with E-state index in [1.165, 1.54) is 0 Å². The Bertz CT molecular complexity index is 525. The number of nitrogens with zero attached hydrogens (tertiary/aromatic N) is 2. The monoisotopic (exact) mass is 210 g/mol. The molecule has 4 nitrogen and oxygen atoms in total. The molecular weight excluding hydrogens is 200 g/mol. The van der Waals surface area contributed by atoms with Crippen molar-refractivity contribution >= 4 is 17.1 Å². The van der Waals surface area contributed by atoms with Crippen LogP contribution in [0.25, 0.3) is 0 Å². The van der Waals surface area contributed by atoms with Crippen molar-refractivity contribution in [1.82, 2.24) is 4.98 Å². The van der Waals surface area contributed by atoms with Gasteiger partial charge >= 0.3 is 0 Å². The van der Waals surface area contributed by atoms with Crippen LogP contribution < -0.4 is 11.1 Å². The molecule has 0 bridgehead atoms. The summed E-state index contributed by atoms with van der Waals surface area (Å²) in [6.07, 6.45) is 3.21. The van der Waals surface area contributed by atoms with Crippen LogP contribution in [-0.4, -0.2) is 4.98 Å². The molecular formula is C12H10N4. The van der Waals surface area contributed by atoms with Crippen molar-refractivity contribution in [3.05, 3.63) is 48.3 Å². The van der Waals surface area contributed by atoms with Gasteiger partial charge in [0.15, 0.2) is 0 Å². The van der Waals surface area contributed by atoms with E-state index in [-0.39, 0.29) is 0 Å². The lowest BCUT2D eigenvalue weighted by atomic mass is 10.2. The third kappa shape index (κ3) is 2.10. The fraction of sp³-hybridized carbons (Fsp3) is 0. The summed E-state index contributed by atoms with van der Waals surface area (Å²) in [6.45, 7) is 0. The van der Waals surface area contributed by atoms with E-state index in [1.54, 1.807) is 30.6 Å². The molecule has 0 amide bonds. The molecule has 2 aromatic rings. The molecule has 0 fully saturated rings. The lowest BCUT2D eigenvalue weighted by Gasteiger charge is -2.07. The van der Waals surface area contributed by atoms with Crippen molar-refractivity contribution in [3.63, 3.8) is 0 Å². The number of aromatic nitrogens is 1. The Morgan fingerprint density at radius 1 is 1.19 bits per heavy atom. The Balaban J connectivity index is 2.27. The van der Waals surface area contributed by atoms with E-state index in [0.29, 0.717) is 16.9 Å². The average Bonchev–Trinajstić information content (AvgIpc) is 2.33. The van der Waals surface area contributed by atoms with Gasteiger partial charge in [-0.15, -0.1) is 0 Å². The summed E-state index contributed by atoms with van der Waals surface area (Å²) in [5.74, 6) is 0. The van der Waals surface area contributed by atoms with E-state index in [9.17, 15) is 0 Å². The number of rotatable bonds is 2. The van der Waals surface area contributed by atoms with E-state index >= 15 is 0 Å². The van der Waals surface area contributed by atoms with E-state index < -0.39 is 0 Å². The van der Waals surface area contributed by atoms with Crippen LogP contribution in [0.5, 0.6) is 0 Å². The minimum Gasteiger partial charge on any atom is -0.399 e. The molecule has 0 saturated carbocycles. The van der Waals surface area contributed by atoms with Crippen LogP contribution in [0, 0.1) is 11.3 Å². The zero-order valence-electron chi connectivity index (χ0n) is 8.51. The lowest BCUT2D eigenvalue weighted by Crippen LogP contribution is -1.94. The molecule has 4 heteroatoms. The number of anilines is 3. The summed E-state index contributed by atoms with van der Waals surface area (Å²) in [5.41, 5.74) is 8.41. The van der Waals surface area contributed by atoms with Crippen LogP contribution in [-0.2, 0) is 0 Å². The average molecular weight is 210 g/mol. The first-order valence-electron chi connectivity index (χ1n) is 4.76.